The van der Waals surface area contributed by atoms with Crippen LogP contribution < -0.4 is 5.32 Å². The van der Waals surface area contributed by atoms with Gasteiger partial charge in [0.15, 0.2) is 6.10 Å². The lowest BCUT2D eigenvalue weighted by Crippen LogP contribution is -2.55. The molecule has 0 aliphatic carbocycles. The minimum absolute atomic E-state index is 0.0915. The van der Waals surface area contributed by atoms with Gasteiger partial charge in [-0.05, 0) is 26.2 Å². The van der Waals surface area contributed by atoms with Crippen molar-refractivity contribution in [3.05, 3.63) is 12.2 Å². The number of carbonyl (C=O) groups is 3. The molecule has 7 atom stereocenters. The number of alkyl halides is 1. The first-order valence-electron chi connectivity index (χ1n) is 16.2. The van der Waals surface area contributed by atoms with Crippen LogP contribution in [-0.4, -0.2) is 99.2 Å². The van der Waals surface area contributed by atoms with Gasteiger partial charge in [0.2, 0.25) is 5.91 Å². The normalized spacial score (nSPS) is 21.2. The largest absolute Gasteiger partial charge is 0.460 e. The van der Waals surface area contributed by atoms with Crippen molar-refractivity contribution in [2.24, 2.45) is 0 Å². The van der Waals surface area contributed by atoms with Crippen LogP contribution in [0.3, 0.4) is 0 Å². The van der Waals surface area contributed by atoms with E-state index in [1.165, 1.54) is 75.9 Å². The van der Waals surface area contributed by atoms with Crippen molar-refractivity contribution in [1.29, 1.82) is 0 Å². The van der Waals surface area contributed by atoms with Crippen LogP contribution in [0.15, 0.2) is 12.2 Å². The van der Waals surface area contributed by atoms with E-state index in [1.807, 2.05) is 6.92 Å². The number of amides is 2. The summed E-state index contributed by atoms with van der Waals surface area (Å²) in [5, 5.41) is 33.6. The predicted molar refractivity (Wildman–Crippen MR) is 176 cm³/mol. The van der Waals surface area contributed by atoms with Crippen molar-refractivity contribution in [2.75, 3.05) is 20.7 Å². The quantitative estimate of drug-likeness (QED) is 0.0428. The Bertz CT molecular complexity index is 827. The Kier molecular flexibility index (Phi) is 21.4. The second-order valence-corrected chi connectivity index (χ2v) is 13.8. The lowest BCUT2D eigenvalue weighted by atomic mass is 10.0. The number of hydrogen-bond donors (Lipinski definition) is 4. The van der Waals surface area contributed by atoms with Crippen molar-refractivity contribution in [3.63, 3.8) is 0 Å². The van der Waals surface area contributed by atoms with Crippen molar-refractivity contribution in [3.8, 4) is 0 Å². The molecule has 11 heteroatoms. The summed E-state index contributed by atoms with van der Waals surface area (Å²) < 4.78 is 10.9. The monoisotopic (exact) mass is 724 g/mol. The highest BCUT2D eigenvalue weighted by Crippen LogP contribution is 2.18. The summed E-state index contributed by atoms with van der Waals surface area (Å²) in [6.07, 6.45) is 11.8. The maximum atomic E-state index is 12.9. The number of likely N-dealkylation sites (tertiary alicyclic amines) is 1. The number of nitrogens with one attached hydrogen (secondary N) is 1. The number of aliphatic hydroxyl groups excluding tert-OH is 3. The Morgan fingerprint density at radius 1 is 0.953 bits per heavy atom. The van der Waals surface area contributed by atoms with Crippen molar-refractivity contribution >= 4 is 40.4 Å². The first kappa shape index (κ1) is 39.7. The number of nitrogens with zero attached hydrogens (tertiary/aromatic N) is 1. The number of ether oxygens (including phenoxy) is 2. The van der Waals surface area contributed by atoms with Crippen molar-refractivity contribution in [2.45, 2.75) is 151 Å². The number of aliphatic hydroxyl groups is 3. The number of methoxy groups -OCH3 is 1. The number of hydrogen-bond acceptors (Lipinski definition) is 8. The lowest BCUT2D eigenvalue weighted by Gasteiger charge is -2.28. The van der Waals surface area contributed by atoms with Gasteiger partial charge in [-0.15, -0.1) is 0 Å². The van der Waals surface area contributed by atoms with Crippen LogP contribution in [0.25, 0.3) is 0 Å². The van der Waals surface area contributed by atoms with Gasteiger partial charge in [0.1, 0.15) is 30.5 Å². The van der Waals surface area contributed by atoms with E-state index in [-0.39, 0.29) is 28.8 Å². The van der Waals surface area contributed by atoms with Crippen molar-refractivity contribution < 1.29 is 39.2 Å². The summed E-state index contributed by atoms with van der Waals surface area (Å²) in [5.74, 6) is -1.42. The summed E-state index contributed by atoms with van der Waals surface area (Å²) >= 11 is 2.11. The Morgan fingerprint density at radius 2 is 1.51 bits per heavy atom. The molecule has 0 aromatic rings. The summed E-state index contributed by atoms with van der Waals surface area (Å²) in [6, 6.07) is -0.913. The predicted octanol–water partition coefficient (Wildman–Crippen LogP) is 4.20. The third-order valence-electron chi connectivity index (χ3n) is 7.87. The van der Waals surface area contributed by atoms with E-state index in [1.54, 1.807) is 13.1 Å². The Labute approximate surface area is 272 Å². The van der Waals surface area contributed by atoms with Gasteiger partial charge in [-0.25, -0.2) is 0 Å². The fourth-order valence-corrected chi connectivity index (χ4v) is 5.47. The maximum absolute atomic E-state index is 12.9. The molecular weight excluding hydrogens is 667 g/mol. The van der Waals surface area contributed by atoms with Crippen LogP contribution in [0.2, 0.25) is 0 Å². The van der Waals surface area contributed by atoms with E-state index in [0.717, 1.165) is 19.3 Å². The molecule has 4 N–H and O–H groups in total. The van der Waals surface area contributed by atoms with Gasteiger partial charge in [0, 0.05) is 24.5 Å². The number of rotatable bonds is 22. The average Bonchev–Trinajstić information content (AvgIpc) is 3.09. The standard InChI is InChI=1S/C32H57IN2O8/c1-5-6-7-8-9-10-11-12-13-14-15-16-17-27(37)43-24-19-20-25(32(41)35(3)22-24)34-31(40)30(42-4)29(39)28(38)26(36)21-18-23(2)33/h18,21,23-26,28-30,36,38-39H,5-17,19-20,22H2,1-4H3,(H,34,40)/b21-18+/t23?,24-,25-,26+,28-,29+,30+/m0/s1. The molecule has 1 rings (SSSR count). The fraction of sp³-hybridized carbons (Fsp3) is 0.844. The van der Waals surface area contributed by atoms with Gasteiger partial charge in [0.25, 0.3) is 5.91 Å². The first-order chi connectivity index (χ1) is 20.5. The van der Waals surface area contributed by atoms with E-state index in [0.29, 0.717) is 12.8 Å². The number of allylic oxidation sites excluding steroid dienone is 1. The number of likely N-dealkylation sites (N-methyl/N-ethyl adjacent to an activating group) is 1. The second kappa shape index (κ2) is 23.1. The molecule has 1 saturated heterocycles. The average molecular weight is 725 g/mol. The van der Waals surface area contributed by atoms with Gasteiger partial charge in [-0.3, -0.25) is 14.4 Å². The van der Waals surface area contributed by atoms with Gasteiger partial charge >= 0.3 is 5.97 Å². The molecule has 0 bridgehead atoms. The molecule has 1 heterocycles. The molecule has 1 aliphatic heterocycles. The third-order valence-corrected chi connectivity index (χ3v) is 8.29. The Balaban J connectivity index is 2.43. The lowest BCUT2D eigenvalue weighted by molar-refractivity contribution is -0.151. The highest BCUT2D eigenvalue weighted by molar-refractivity contribution is 14.1. The molecule has 1 unspecified atom stereocenters. The summed E-state index contributed by atoms with van der Waals surface area (Å²) in [6.45, 7) is 4.34. The Hall–Kier alpha value is -1.28. The summed E-state index contributed by atoms with van der Waals surface area (Å²) in [5.41, 5.74) is 0. The molecule has 250 valence electrons. The maximum Gasteiger partial charge on any atom is 0.306 e. The van der Waals surface area contributed by atoms with Crippen LogP contribution in [-0.2, 0) is 23.9 Å². The summed E-state index contributed by atoms with van der Waals surface area (Å²) in [4.78, 5) is 39.8. The van der Waals surface area contributed by atoms with Crippen LogP contribution in [0, 0.1) is 0 Å². The molecule has 10 nitrogen and oxygen atoms in total. The van der Waals surface area contributed by atoms with Gasteiger partial charge in [-0.2, -0.15) is 0 Å². The zero-order chi connectivity index (χ0) is 32.2. The molecular formula is C32H57IN2O8. The van der Waals surface area contributed by atoms with Gasteiger partial charge in [-0.1, -0.05) is 112 Å². The van der Waals surface area contributed by atoms with E-state index in [2.05, 4.69) is 34.8 Å². The van der Waals surface area contributed by atoms with E-state index < -0.39 is 42.5 Å². The third kappa shape index (κ3) is 16.6. The van der Waals surface area contributed by atoms with Gasteiger partial charge in [0.05, 0.1) is 6.54 Å². The number of esters is 1. The molecule has 2 amide bonds. The smallest absolute Gasteiger partial charge is 0.306 e. The first-order valence-corrected chi connectivity index (χ1v) is 17.4. The topological polar surface area (TPSA) is 146 Å². The second-order valence-electron chi connectivity index (χ2n) is 11.8. The van der Waals surface area contributed by atoms with Crippen molar-refractivity contribution in [1.82, 2.24) is 10.2 Å². The van der Waals surface area contributed by atoms with Crippen LogP contribution >= 0.6 is 22.6 Å². The molecule has 0 aromatic carbocycles. The molecule has 1 aliphatic rings. The molecule has 0 radical (unpaired) electrons. The van der Waals surface area contributed by atoms with E-state index >= 15 is 0 Å². The highest BCUT2D eigenvalue weighted by Gasteiger charge is 2.38. The number of halogens is 1. The van der Waals surface area contributed by atoms with Gasteiger partial charge < -0.3 is 35.0 Å². The zero-order valence-electron chi connectivity index (χ0n) is 26.7. The SMILES string of the molecule is CCCCCCCCCCCCCCC(=O)O[C@H]1CC[C@H](NC(=O)[C@H](OC)[C@H](O)[C@@H](O)[C@H](O)/C=C/C(C)I)C(=O)N(C)C1. The zero-order valence-corrected chi connectivity index (χ0v) is 28.9. The summed E-state index contributed by atoms with van der Waals surface area (Å²) in [7, 11) is 2.78. The Morgan fingerprint density at radius 3 is 2.05 bits per heavy atom. The molecule has 0 aromatic heterocycles. The molecule has 1 fully saturated rings. The fourth-order valence-electron chi connectivity index (χ4n) is 5.23. The van der Waals surface area contributed by atoms with E-state index in [9.17, 15) is 29.7 Å². The van der Waals surface area contributed by atoms with E-state index in [4.69, 9.17) is 9.47 Å². The van der Waals surface area contributed by atoms with Crippen LogP contribution in [0.5, 0.6) is 0 Å². The molecule has 0 spiro atoms. The molecule has 43 heavy (non-hydrogen) atoms. The van der Waals surface area contributed by atoms with Crippen LogP contribution in [0.1, 0.15) is 110 Å². The minimum Gasteiger partial charge on any atom is -0.460 e. The number of unbranched alkanes of at least 4 members (excludes halogenated alkanes) is 11. The number of carbonyl (C=O) groups excluding carboxylic acids is 3. The van der Waals surface area contributed by atoms with Crippen LogP contribution in [0.4, 0.5) is 0 Å². The highest BCUT2D eigenvalue weighted by atomic mass is 127. The minimum atomic E-state index is -1.73. The molecule has 0 saturated carbocycles.